The molecule has 0 saturated heterocycles. The SMILES string of the molecule is CN(C)c1cc(C(=O)NC2CC2)c(O)c2c1C[C@H]1C[C@H]3[C@H](N(C)C)C(O)=C(C(N)=O)C(=O)[C@@]3(O)C(O)=C1C2=O. The van der Waals surface area contributed by atoms with Crippen molar-refractivity contribution in [1.82, 2.24) is 10.2 Å². The zero-order chi connectivity index (χ0) is 28.7. The van der Waals surface area contributed by atoms with Gasteiger partial charge in [-0.15, -0.1) is 0 Å². The number of allylic oxidation sites excluding steroid dienone is 1. The van der Waals surface area contributed by atoms with Crippen LogP contribution in [0, 0.1) is 11.8 Å². The Hall–Kier alpha value is -3.90. The highest BCUT2D eigenvalue weighted by Crippen LogP contribution is 2.53. The number of carbonyl (C=O) groups is 4. The van der Waals surface area contributed by atoms with Crippen LogP contribution in [-0.4, -0.2) is 94.6 Å². The Morgan fingerprint density at radius 3 is 2.28 bits per heavy atom. The molecular weight excluding hydrogens is 508 g/mol. The second kappa shape index (κ2) is 8.82. The minimum atomic E-state index is -2.72. The van der Waals surface area contributed by atoms with Gasteiger partial charge >= 0.3 is 0 Å². The summed E-state index contributed by atoms with van der Waals surface area (Å²) in [7, 11) is 6.61. The standard InChI is InChI=1S/C27H32N4O8/c1-30(2)15-9-13(26(38)29-11-5-6-11)20(32)17-12(15)7-10-8-14-19(31(3)4)22(34)18(25(28)37)24(36)27(14,39)23(35)16(10)21(17)33/h9-11,14,19,32,34-35,39H,5-8H2,1-4H3,(H2,28,37)(H,29,38)/t10-,14-,19-,27-/m0/s1. The Morgan fingerprint density at radius 1 is 1.10 bits per heavy atom. The van der Waals surface area contributed by atoms with Crippen LogP contribution in [0.15, 0.2) is 28.7 Å². The number of nitrogens with two attached hydrogens (primary N) is 1. The van der Waals surface area contributed by atoms with Crippen molar-refractivity contribution in [2.45, 2.75) is 43.4 Å². The number of hydrogen-bond acceptors (Lipinski definition) is 10. The second-order valence-corrected chi connectivity index (χ2v) is 11.3. The molecular formula is C27H32N4O8. The fourth-order valence-corrected chi connectivity index (χ4v) is 6.36. The van der Waals surface area contributed by atoms with Gasteiger partial charge in [0, 0.05) is 37.3 Å². The second-order valence-electron chi connectivity index (χ2n) is 11.3. The van der Waals surface area contributed by atoms with E-state index in [-0.39, 0.29) is 35.6 Å². The zero-order valence-electron chi connectivity index (χ0n) is 22.1. The van der Waals surface area contributed by atoms with Gasteiger partial charge in [0.25, 0.3) is 11.8 Å². The number of phenolic OH excluding ortho intramolecular Hbond substituents is 1. The number of nitrogens with zero attached hydrogens (tertiary/aromatic N) is 2. The van der Waals surface area contributed by atoms with E-state index in [4.69, 9.17) is 5.73 Å². The molecule has 0 spiro atoms. The summed E-state index contributed by atoms with van der Waals surface area (Å²) in [5.74, 6) is -7.87. The number of nitrogens with one attached hydrogen (secondary N) is 1. The number of aliphatic hydroxyl groups excluding tert-OH is 2. The van der Waals surface area contributed by atoms with Crippen molar-refractivity contribution < 1.29 is 39.6 Å². The largest absolute Gasteiger partial charge is 0.510 e. The number of fused-ring (bicyclic) bond motifs is 3. The number of primary amides is 1. The van der Waals surface area contributed by atoms with Crippen molar-refractivity contribution in [3.05, 3.63) is 45.4 Å². The van der Waals surface area contributed by atoms with Gasteiger partial charge in [0.15, 0.2) is 11.4 Å². The quantitative estimate of drug-likeness (QED) is 0.279. The van der Waals surface area contributed by atoms with E-state index < -0.39 is 69.7 Å². The Kier molecular flexibility index (Phi) is 6.03. The van der Waals surface area contributed by atoms with Crippen LogP contribution in [0.1, 0.15) is 45.5 Å². The van der Waals surface area contributed by atoms with Crippen LogP contribution in [0.2, 0.25) is 0 Å². The maximum atomic E-state index is 14.0. The van der Waals surface area contributed by atoms with E-state index in [0.717, 1.165) is 12.8 Å². The van der Waals surface area contributed by atoms with Crippen molar-refractivity contribution in [3.8, 4) is 5.75 Å². The predicted octanol–water partition coefficient (Wildman–Crippen LogP) is 0.0788. The lowest BCUT2D eigenvalue weighted by Gasteiger charge is -2.50. The third-order valence-corrected chi connectivity index (χ3v) is 8.34. The molecule has 0 bridgehead atoms. The molecule has 12 nitrogen and oxygen atoms in total. The molecule has 208 valence electrons. The molecule has 39 heavy (non-hydrogen) atoms. The highest BCUT2D eigenvalue weighted by Gasteiger charge is 2.63. The summed E-state index contributed by atoms with van der Waals surface area (Å²) in [4.78, 5) is 55.6. The summed E-state index contributed by atoms with van der Waals surface area (Å²) in [5, 5.41) is 48.0. The maximum absolute atomic E-state index is 14.0. The van der Waals surface area contributed by atoms with E-state index in [0.29, 0.717) is 11.3 Å². The molecule has 7 N–H and O–H groups in total. The Morgan fingerprint density at radius 2 is 1.74 bits per heavy atom. The summed E-state index contributed by atoms with van der Waals surface area (Å²) in [5.41, 5.74) is 2.20. The van der Waals surface area contributed by atoms with Gasteiger partial charge < -0.3 is 36.4 Å². The number of phenols is 1. The van der Waals surface area contributed by atoms with Crippen LogP contribution >= 0.6 is 0 Å². The smallest absolute Gasteiger partial charge is 0.255 e. The number of rotatable bonds is 5. The van der Waals surface area contributed by atoms with E-state index >= 15 is 0 Å². The topological polar surface area (TPSA) is 194 Å². The van der Waals surface area contributed by atoms with Crippen LogP contribution in [0.5, 0.6) is 5.75 Å². The molecule has 0 unspecified atom stereocenters. The number of Topliss-reactive ketones (excluding diaryl/α,β-unsaturated/α-hetero) is 2. The van der Waals surface area contributed by atoms with Crippen molar-refractivity contribution in [3.63, 3.8) is 0 Å². The molecule has 1 fully saturated rings. The number of benzene rings is 1. The zero-order valence-corrected chi connectivity index (χ0v) is 22.1. The van der Waals surface area contributed by atoms with Gasteiger partial charge in [-0.25, -0.2) is 0 Å². The van der Waals surface area contributed by atoms with Crippen molar-refractivity contribution in [2.24, 2.45) is 17.6 Å². The first-order valence-corrected chi connectivity index (χ1v) is 12.7. The number of ketones is 2. The lowest BCUT2D eigenvalue weighted by atomic mass is 9.58. The van der Waals surface area contributed by atoms with Crippen molar-refractivity contribution in [2.75, 3.05) is 33.1 Å². The number of carbonyl (C=O) groups excluding carboxylic acids is 4. The molecule has 1 saturated carbocycles. The number of hydrogen-bond donors (Lipinski definition) is 6. The monoisotopic (exact) mass is 540 g/mol. The predicted molar refractivity (Wildman–Crippen MR) is 138 cm³/mol. The molecule has 2 amide bonds. The normalized spacial score (nSPS) is 28.2. The lowest BCUT2D eigenvalue weighted by Crippen LogP contribution is -2.63. The summed E-state index contributed by atoms with van der Waals surface area (Å²) in [6.45, 7) is 0. The van der Waals surface area contributed by atoms with Gasteiger partial charge in [0.2, 0.25) is 5.78 Å². The molecule has 0 aromatic heterocycles. The van der Waals surface area contributed by atoms with Crippen LogP contribution < -0.4 is 16.0 Å². The number of anilines is 1. The Labute approximate surface area is 224 Å². The van der Waals surface area contributed by atoms with Gasteiger partial charge in [-0.05, 0) is 57.3 Å². The molecule has 5 rings (SSSR count). The molecule has 1 aromatic rings. The number of aromatic hydroxyl groups is 1. The van der Waals surface area contributed by atoms with E-state index in [1.54, 1.807) is 33.1 Å². The van der Waals surface area contributed by atoms with Crippen molar-refractivity contribution in [1.29, 1.82) is 0 Å². The first kappa shape index (κ1) is 26.7. The summed E-state index contributed by atoms with van der Waals surface area (Å²) < 4.78 is 0. The molecule has 0 radical (unpaired) electrons. The van der Waals surface area contributed by atoms with Gasteiger partial charge in [-0.2, -0.15) is 0 Å². The molecule has 4 aliphatic rings. The van der Waals surface area contributed by atoms with Crippen molar-refractivity contribution >= 4 is 29.1 Å². The summed E-state index contributed by atoms with van der Waals surface area (Å²) >= 11 is 0. The third-order valence-electron chi connectivity index (χ3n) is 8.34. The average molecular weight is 541 g/mol. The fraction of sp³-hybridized carbons (Fsp3) is 0.481. The van der Waals surface area contributed by atoms with E-state index in [2.05, 4.69) is 5.32 Å². The summed E-state index contributed by atoms with van der Waals surface area (Å²) in [6.07, 6.45) is 1.76. The van der Waals surface area contributed by atoms with Gasteiger partial charge in [0.1, 0.15) is 22.8 Å². The first-order chi connectivity index (χ1) is 18.2. The number of amides is 2. The van der Waals surface area contributed by atoms with Crippen LogP contribution in [-0.2, 0) is 16.0 Å². The highest BCUT2D eigenvalue weighted by atomic mass is 16.3. The molecule has 12 heteroatoms. The summed E-state index contributed by atoms with van der Waals surface area (Å²) in [6, 6.07) is 0.455. The minimum Gasteiger partial charge on any atom is -0.510 e. The fourth-order valence-electron chi connectivity index (χ4n) is 6.36. The minimum absolute atomic E-state index is 0.00187. The maximum Gasteiger partial charge on any atom is 0.255 e. The van der Waals surface area contributed by atoms with Crippen LogP contribution in [0.3, 0.4) is 0 Å². The van der Waals surface area contributed by atoms with Gasteiger partial charge in [0.05, 0.1) is 17.2 Å². The van der Waals surface area contributed by atoms with Gasteiger partial charge in [-0.3, -0.25) is 24.1 Å². The Bertz CT molecular complexity index is 1410. The molecule has 0 aliphatic heterocycles. The number of likely N-dealkylation sites (N-methyl/N-ethyl adjacent to an activating group) is 1. The molecule has 1 aromatic carbocycles. The lowest BCUT2D eigenvalue weighted by molar-refractivity contribution is -0.148. The average Bonchev–Trinajstić information content (AvgIpc) is 3.64. The van der Waals surface area contributed by atoms with Crippen LogP contribution in [0.4, 0.5) is 5.69 Å². The third kappa shape index (κ3) is 3.73. The van der Waals surface area contributed by atoms with E-state index in [1.807, 2.05) is 0 Å². The molecule has 4 aliphatic carbocycles. The Balaban J connectivity index is 1.71. The van der Waals surface area contributed by atoms with Crippen LogP contribution in [0.25, 0.3) is 0 Å². The van der Waals surface area contributed by atoms with E-state index in [9.17, 15) is 39.6 Å². The number of aliphatic hydroxyl groups is 3. The van der Waals surface area contributed by atoms with Gasteiger partial charge in [-0.1, -0.05) is 0 Å². The van der Waals surface area contributed by atoms with E-state index in [1.165, 1.54) is 11.0 Å². The molecule has 4 atom stereocenters. The highest BCUT2D eigenvalue weighted by molar-refractivity contribution is 6.25. The first-order valence-electron chi connectivity index (χ1n) is 12.7. The molecule has 0 heterocycles.